The van der Waals surface area contributed by atoms with Crippen LogP contribution in [0, 0.1) is 11.8 Å². The van der Waals surface area contributed by atoms with Crippen molar-refractivity contribution in [2.75, 3.05) is 28.4 Å². The molecular weight excluding hydrogens is 328 g/mol. The molecule has 132 valence electrons. The van der Waals surface area contributed by atoms with E-state index in [1.54, 1.807) is 0 Å². The van der Waals surface area contributed by atoms with Crippen LogP contribution in [0.2, 0.25) is 0 Å². The van der Waals surface area contributed by atoms with Crippen molar-refractivity contribution in [2.45, 2.75) is 41.9 Å². The van der Waals surface area contributed by atoms with Gasteiger partial charge in [0.15, 0.2) is 0 Å². The zero-order valence-corrected chi connectivity index (χ0v) is 14.5. The van der Waals surface area contributed by atoms with E-state index in [1.807, 2.05) is 0 Å². The Balaban J connectivity index is 2.75. The van der Waals surface area contributed by atoms with Crippen molar-refractivity contribution in [3.8, 4) is 0 Å². The molecule has 0 aliphatic heterocycles. The lowest BCUT2D eigenvalue weighted by atomic mass is 9.74. The summed E-state index contributed by atoms with van der Waals surface area (Å²) in [4.78, 5) is 23.2. The van der Waals surface area contributed by atoms with E-state index in [9.17, 15) is 14.7 Å². The van der Waals surface area contributed by atoms with Crippen molar-refractivity contribution in [2.24, 2.45) is 11.8 Å². The van der Waals surface area contributed by atoms with Crippen molar-refractivity contribution in [1.29, 1.82) is 0 Å². The molecule has 0 bridgehead atoms. The quantitative estimate of drug-likeness (QED) is 0.456. The second-order valence-corrected chi connectivity index (χ2v) is 6.58. The molecule has 0 saturated heterocycles. The maximum atomic E-state index is 12.5. The lowest BCUT2D eigenvalue weighted by Gasteiger charge is -2.44. The SMILES string of the molecule is COC(=O)[C@]1(O)[C@H]2CCCC[C@H]2[C@@](Cl)(C(=O)OC)C1(OC)OC. The molecule has 0 aromatic carbocycles. The molecule has 8 heteroatoms. The van der Waals surface area contributed by atoms with Crippen LogP contribution in [0.5, 0.6) is 0 Å². The van der Waals surface area contributed by atoms with Crippen molar-refractivity contribution in [1.82, 2.24) is 0 Å². The molecule has 0 radical (unpaired) electrons. The minimum atomic E-state index is -2.22. The van der Waals surface area contributed by atoms with Crippen LogP contribution in [-0.4, -0.2) is 61.7 Å². The third-order valence-corrected chi connectivity index (χ3v) is 6.03. The Bertz CT molecular complexity index is 452. The standard InChI is InChI=1S/C15H23ClO7/c1-20-11(17)13(16)9-7-5-6-8-10(9)14(19,12(18)21-2)15(13,22-3)23-4/h9-10,19H,5-8H2,1-4H3/t9-,10+,13-,14-/m1/s1. The van der Waals surface area contributed by atoms with Gasteiger partial charge in [-0.15, -0.1) is 11.6 Å². The monoisotopic (exact) mass is 350 g/mol. The van der Waals surface area contributed by atoms with Gasteiger partial charge < -0.3 is 24.1 Å². The first kappa shape index (κ1) is 18.4. The predicted molar refractivity (Wildman–Crippen MR) is 79.8 cm³/mol. The summed E-state index contributed by atoms with van der Waals surface area (Å²) in [5.41, 5.74) is -2.22. The number of hydrogen-bond donors (Lipinski definition) is 1. The molecule has 2 aliphatic carbocycles. The second-order valence-electron chi connectivity index (χ2n) is 5.98. The molecule has 2 fully saturated rings. The maximum absolute atomic E-state index is 12.5. The summed E-state index contributed by atoms with van der Waals surface area (Å²) >= 11 is 6.71. The first-order valence-electron chi connectivity index (χ1n) is 7.50. The van der Waals surface area contributed by atoms with Crippen LogP contribution in [0.3, 0.4) is 0 Å². The average molecular weight is 351 g/mol. The topological polar surface area (TPSA) is 91.3 Å². The van der Waals surface area contributed by atoms with Gasteiger partial charge in [0.25, 0.3) is 0 Å². The molecule has 2 saturated carbocycles. The first-order valence-corrected chi connectivity index (χ1v) is 7.88. The Hall–Kier alpha value is -0.890. The zero-order valence-electron chi connectivity index (χ0n) is 13.8. The number of halogens is 1. The van der Waals surface area contributed by atoms with Crippen LogP contribution in [0.4, 0.5) is 0 Å². The van der Waals surface area contributed by atoms with E-state index in [2.05, 4.69) is 0 Å². The fourth-order valence-corrected chi connectivity index (χ4v) is 5.08. The molecule has 0 unspecified atom stereocenters. The van der Waals surface area contributed by atoms with Gasteiger partial charge in [0.1, 0.15) is 0 Å². The summed E-state index contributed by atoms with van der Waals surface area (Å²) in [5.74, 6) is -5.04. The van der Waals surface area contributed by atoms with Gasteiger partial charge in [-0.3, -0.25) is 0 Å². The van der Waals surface area contributed by atoms with Crippen LogP contribution in [-0.2, 0) is 28.5 Å². The van der Waals surface area contributed by atoms with Crippen LogP contribution in [0.1, 0.15) is 25.7 Å². The van der Waals surface area contributed by atoms with E-state index in [0.29, 0.717) is 12.8 Å². The molecule has 0 aromatic rings. The summed E-state index contributed by atoms with van der Waals surface area (Å²) in [6, 6.07) is 0. The molecule has 2 aliphatic rings. The zero-order chi connectivity index (χ0) is 17.5. The molecule has 7 nitrogen and oxygen atoms in total. The molecule has 4 atom stereocenters. The van der Waals surface area contributed by atoms with Crippen molar-refractivity contribution >= 4 is 23.5 Å². The second kappa shape index (κ2) is 6.20. The van der Waals surface area contributed by atoms with E-state index >= 15 is 0 Å². The highest BCUT2D eigenvalue weighted by Gasteiger charge is 2.84. The molecule has 23 heavy (non-hydrogen) atoms. The number of aliphatic hydroxyl groups is 1. The molecule has 0 aromatic heterocycles. The van der Waals surface area contributed by atoms with Gasteiger partial charge in [0.2, 0.25) is 16.3 Å². The Morgan fingerprint density at radius 2 is 1.43 bits per heavy atom. The van der Waals surface area contributed by atoms with Gasteiger partial charge in [0.05, 0.1) is 14.2 Å². The molecule has 0 amide bonds. The summed E-state index contributed by atoms with van der Waals surface area (Å²) in [5, 5.41) is 11.3. The highest BCUT2D eigenvalue weighted by Crippen LogP contribution is 2.63. The Labute approximate surface area is 140 Å². The number of hydrogen-bond acceptors (Lipinski definition) is 7. The minimum absolute atomic E-state index is 0.496. The Morgan fingerprint density at radius 1 is 0.957 bits per heavy atom. The van der Waals surface area contributed by atoms with Gasteiger partial charge in [-0.25, -0.2) is 9.59 Å². The number of esters is 2. The fourth-order valence-electron chi connectivity index (χ4n) is 4.44. The number of carbonyl (C=O) groups excluding carboxylic acids is 2. The Kier molecular flexibility index (Phi) is 4.97. The summed E-state index contributed by atoms with van der Waals surface area (Å²) in [7, 11) is 4.81. The van der Waals surface area contributed by atoms with Crippen molar-refractivity contribution in [3.63, 3.8) is 0 Å². The van der Waals surface area contributed by atoms with Crippen LogP contribution in [0.15, 0.2) is 0 Å². The van der Waals surface area contributed by atoms with E-state index in [4.69, 9.17) is 30.5 Å². The number of alkyl halides is 1. The van der Waals surface area contributed by atoms with Crippen molar-refractivity contribution in [3.05, 3.63) is 0 Å². The smallest absolute Gasteiger partial charge is 0.344 e. The third-order valence-electron chi connectivity index (χ3n) is 5.35. The van der Waals surface area contributed by atoms with Crippen LogP contribution < -0.4 is 0 Å². The highest BCUT2D eigenvalue weighted by molar-refractivity contribution is 6.36. The minimum Gasteiger partial charge on any atom is -0.468 e. The van der Waals surface area contributed by atoms with Gasteiger partial charge in [-0.2, -0.15) is 0 Å². The Morgan fingerprint density at radius 3 is 1.87 bits per heavy atom. The number of rotatable bonds is 4. The number of carbonyl (C=O) groups is 2. The number of methoxy groups -OCH3 is 4. The largest absolute Gasteiger partial charge is 0.468 e. The predicted octanol–water partition coefficient (Wildman–Crippen LogP) is 0.850. The van der Waals surface area contributed by atoms with Gasteiger partial charge in [-0.05, 0) is 12.8 Å². The lowest BCUT2D eigenvalue weighted by molar-refractivity contribution is -0.301. The summed E-state index contributed by atoms with van der Waals surface area (Å²) in [6.45, 7) is 0. The van der Waals surface area contributed by atoms with E-state index in [-0.39, 0.29) is 0 Å². The van der Waals surface area contributed by atoms with E-state index < -0.39 is 40.0 Å². The van der Waals surface area contributed by atoms with Gasteiger partial charge in [0, 0.05) is 26.1 Å². The molecule has 0 heterocycles. The number of fused-ring (bicyclic) bond motifs is 1. The summed E-state index contributed by atoms with van der Waals surface area (Å²) in [6.07, 6.45) is 2.64. The lowest BCUT2D eigenvalue weighted by Crippen LogP contribution is -2.69. The molecule has 1 N–H and O–H groups in total. The molecular formula is C15H23ClO7. The van der Waals surface area contributed by atoms with Crippen LogP contribution in [0.25, 0.3) is 0 Å². The van der Waals surface area contributed by atoms with Gasteiger partial charge >= 0.3 is 11.9 Å². The van der Waals surface area contributed by atoms with E-state index in [0.717, 1.165) is 20.0 Å². The third kappa shape index (κ3) is 2.00. The van der Waals surface area contributed by atoms with E-state index in [1.165, 1.54) is 21.3 Å². The maximum Gasteiger partial charge on any atom is 0.344 e. The molecule has 2 rings (SSSR count). The average Bonchev–Trinajstić information content (AvgIpc) is 2.77. The van der Waals surface area contributed by atoms with Crippen LogP contribution >= 0.6 is 11.6 Å². The van der Waals surface area contributed by atoms with Gasteiger partial charge in [-0.1, -0.05) is 12.8 Å². The fraction of sp³-hybridized carbons (Fsp3) is 0.867. The molecule has 0 spiro atoms. The normalized spacial score (nSPS) is 38.7. The number of ether oxygens (including phenoxy) is 4. The first-order chi connectivity index (χ1) is 10.8. The van der Waals surface area contributed by atoms with Crippen molar-refractivity contribution < 1.29 is 33.6 Å². The summed E-state index contributed by atoms with van der Waals surface area (Å²) < 4.78 is 20.5. The highest BCUT2D eigenvalue weighted by atomic mass is 35.5.